The Hall–Kier alpha value is -3.10. The van der Waals surface area contributed by atoms with E-state index in [9.17, 15) is 0 Å². The third kappa shape index (κ3) is 4.26. The Morgan fingerprint density at radius 1 is 0.568 bits per heavy atom. The summed E-state index contributed by atoms with van der Waals surface area (Å²) in [6.07, 6.45) is 0.917. The molecule has 0 N–H and O–H groups in total. The summed E-state index contributed by atoms with van der Waals surface area (Å²) in [6.45, 7) is 22.8. The average molecular weight is 505 g/mol. The summed E-state index contributed by atoms with van der Waals surface area (Å²) in [5, 5.41) is 2.97. The van der Waals surface area contributed by atoms with Crippen LogP contribution in [0.15, 0.2) is 48.5 Å². The zero-order valence-electron chi connectivity index (χ0n) is 24.2. The molecule has 1 aliphatic heterocycles. The minimum absolute atomic E-state index is 0.917. The summed E-state index contributed by atoms with van der Waals surface area (Å²) in [7, 11) is -1.91. The van der Waals surface area contributed by atoms with Crippen LogP contribution in [-0.4, -0.2) is 8.07 Å². The first kappa shape index (κ1) is 25.5. The minimum Gasteiger partial charge on any atom is -0.456 e. The third-order valence-corrected chi connectivity index (χ3v) is 12.5. The van der Waals surface area contributed by atoms with Crippen LogP contribution in [0.4, 0.5) is 0 Å². The number of aryl methyl sites for hydroxylation is 6. The molecular weight excluding hydrogens is 464 g/mol. The highest BCUT2D eigenvalue weighted by Crippen LogP contribution is 2.47. The monoisotopic (exact) mass is 504 g/mol. The normalized spacial score (nSPS) is 12.7. The Kier molecular flexibility index (Phi) is 6.23. The van der Waals surface area contributed by atoms with Crippen LogP contribution in [0, 0.1) is 55.4 Å². The van der Waals surface area contributed by atoms with E-state index in [1.807, 2.05) is 0 Å². The van der Waals surface area contributed by atoms with Crippen molar-refractivity contribution < 1.29 is 4.74 Å². The van der Waals surface area contributed by atoms with E-state index in [4.69, 9.17) is 4.74 Å². The van der Waals surface area contributed by atoms with Gasteiger partial charge >= 0.3 is 0 Å². The molecule has 0 radical (unpaired) electrons. The van der Waals surface area contributed by atoms with Gasteiger partial charge in [0.15, 0.2) is 0 Å². The second kappa shape index (κ2) is 9.03. The van der Waals surface area contributed by atoms with Crippen LogP contribution in [0.25, 0.3) is 11.1 Å². The predicted octanol–water partition coefficient (Wildman–Crippen LogP) is 8.34. The van der Waals surface area contributed by atoms with Gasteiger partial charge in [-0.25, -0.2) is 0 Å². The van der Waals surface area contributed by atoms with Crippen molar-refractivity contribution in [3.63, 3.8) is 0 Å². The van der Waals surface area contributed by atoms with E-state index in [-0.39, 0.29) is 0 Å². The van der Waals surface area contributed by atoms with E-state index >= 15 is 0 Å². The first-order valence-corrected chi connectivity index (χ1v) is 16.5. The summed E-state index contributed by atoms with van der Waals surface area (Å²) in [4.78, 5) is 0. The fourth-order valence-electron chi connectivity index (χ4n) is 5.71. The Labute approximate surface area is 224 Å². The lowest BCUT2D eigenvalue weighted by Crippen LogP contribution is -2.53. The number of hydrogen-bond donors (Lipinski definition) is 0. The zero-order valence-corrected chi connectivity index (χ0v) is 25.2. The van der Waals surface area contributed by atoms with Gasteiger partial charge in [0.2, 0.25) is 0 Å². The molecule has 37 heavy (non-hydrogen) atoms. The second-order valence-corrected chi connectivity index (χ2v) is 16.3. The molecule has 0 saturated heterocycles. The number of benzene rings is 4. The molecule has 4 aromatic carbocycles. The summed E-state index contributed by atoms with van der Waals surface area (Å²) < 4.78 is 6.78. The van der Waals surface area contributed by atoms with Crippen LogP contribution in [0.1, 0.15) is 55.6 Å². The largest absolute Gasteiger partial charge is 0.456 e. The quantitative estimate of drug-likeness (QED) is 0.224. The van der Waals surface area contributed by atoms with Crippen LogP contribution < -0.4 is 15.1 Å². The van der Waals surface area contributed by atoms with E-state index < -0.39 is 8.07 Å². The summed E-state index contributed by atoms with van der Waals surface area (Å²) in [5.74, 6) is 2.06. The van der Waals surface area contributed by atoms with Gasteiger partial charge in [-0.15, -0.1) is 0 Å². The van der Waals surface area contributed by atoms with E-state index in [0.29, 0.717) is 0 Å². The summed E-state index contributed by atoms with van der Waals surface area (Å²) in [5.41, 5.74) is 15.9. The molecule has 190 valence electrons. The van der Waals surface area contributed by atoms with Crippen molar-refractivity contribution in [2.24, 2.45) is 0 Å². The third-order valence-electron chi connectivity index (χ3n) is 9.03. The van der Waals surface area contributed by atoms with E-state index in [2.05, 4.69) is 117 Å². The van der Waals surface area contributed by atoms with Crippen molar-refractivity contribution in [3.05, 3.63) is 104 Å². The smallest absolute Gasteiger partial charge is 0.139 e. The maximum atomic E-state index is 6.78. The molecule has 5 rings (SSSR count). The van der Waals surface area contributed by atoms with Gasteiger partial charge in [-0.1, -0.05) is 65.9 Å². The van der Waals surface area contributed by atoms with Gasteiger partial charge in [-0.3, -0.25) is 0 Å². The lowest BCUT2D eigenvalue weighted by Gasteiger charge is -2.29. The van der Waals surface area contributed by atoms with E-state index in [1.165, 1.54) is 77.1 Å². The van der Waals surface area contributed by atoms with Crippen molar-refractivity contribution in [1.82, 2.24) is 0 Å². The molecule has 0 saturated carbocycles. The Bertz CT molecular complexity index is 1570. The topological polar surface area (TPSA) is 9.23 Å². The maximum Gasteiger partial charge on any atom is 0.139 e. The molecule has 0 aliphatic carbocycles. The van der Waals surface area contributed by atoms with Crippen molar-refractivity contribution >= 4 is 18.4 Å². The van der Waals surface area contributed by atoms with Gasteiger partial charge in [0.25, 0.3) is 0 Å². The lowest BCUT2D eigenvalue weighted by molar-refractivity contribution is 0.460. The standard InChI is InChI=1S/C35H40OSi/c1-20-11-12-30(15-22(20)3)37(9,10)31-16-25(6)26(7)32(19-31)34-27(8)24(5)14-29-18-28-13-21(2)23(4)17-33(28)36-35(29)34/h11-17,19H,18H2,1-10H3. The molecule has 0 spiro atoms. The van der Waals surface area contributed by atoms with Gasteiger partial charge in [0, 0.05) is 17.5 Å². The highest BCUT2D eigenvalue weighted by atomic mass is 28.3. The Morgan fingerprint density at radius 3 is 1.86 bits per heavy atom. The number of rotatable bonds is 3. The van der Waals surface area contributed by atoms with E-state index in [0.717, 1.165) is 17.9 Å². The van der Waals surface area contributed by atoms with Crippen molar-refractivity contribution in [2.75, 3.05) is 0 Å². The Morgan fingerprint density at radius 2 is 1.16 bits per heavy atom. The molecule has 1 aliphatic rings. The summed E-state index contributed by atoms with van der Waals surface area (Å²) in [6, 6.07) is 18.9. The molecule has 0 aromatic heterocycles. The lowest BCUT2D eigenvalue weighted by atomic mass is 9.86. The Balaban J connectivity index is 1.72. The molecule has 1 nitrogen and oxygen atoms in total. The summed E-state index contributed by atoms with van der Waals surface area (Å²) >= 11 is 0. The molecule has 0 unspecified atom stereocenters. The predicted molar refractivity (Wildman–Crippen MR) is 162 cm³/mol. The molecule has 1 heterocycles. The highest BCUT2D eigenvalue weighted by molar-refractivity contribution is 7.00. The zero-order chi connectivity index (χ0) is 26.8. The van der Waals surface area contributed by atoms with Crippen LogP contribution in [-0.2, 0) is 6.42 Å². The van der Waals surface area contributed by atoms with E-state index in [1.54, 1.807) is 0 Å². The number of ether oxygens (including phenoxy) is 1. The molecule has 0 bridgehead atoms. The second-order valence-electron chi connectivity index (χ2n) is 11.9. The number of fused-ring (bicyclic) bond motifs is 2. The minimum atomic E-state index is -1.91. The average Bonchev–Trinajstić information content (AvgIpc) is 2.83. The van der Waals surface area contributed by atoms with Crippen molar-refractivity contribution in [3.8, 4) is 22.6 Å². The van der Waals surface area contributed by atoms with Gasteiger partial charge in [0.05, 0.1) is 0 Å². The SMILES string of the molecule is Cc1ccc([Si](C)(C)c2cc(C)c(C)c(-c3c(C)c(C)cc4c3Oc3cc(C)c(C)cc3C4)c2)cc1C. The van der Waals surface area contributed by atoms with Crippen LogP contribution in [0.5, 0.6) is 11.5 Å². The number of hydrogen-bond acceptors (Lipinski definition) is 1. The van der Waals surface area contributed by atoms with Gasteiger partial charge < -0.3 is 4.74 Å². The van der Waals surface area contributed by atoms with Gasteiger partial charge in [0.1, 0.15) is 19.6 Å². The fourth-order valence-corrected chi connectivity index (χ4v) is 8.20. The van der Waals surface area contributed by atoms with Crippen LogP contribution in [0.3, 0.4) is 0 Å². The molecule has 0 fully saturated rings. The fraction of sp³-hybridized carbons (Fsp3) is 0.314. The molecule has 4 aromatic rings. The highest BCUT2D eigenvalue weighted by Gasteiger charge is 2.30. The van der Waals surface area contributed by atoms with Crippen LogP contribution in [0.2, 0.25) is 13.1 Å². The first-order chi connectivity index (χ1) is 17.4. The maximum absolute atomic E-state index is 6.78. The van der Waals surface area contributed by atoms with Gasteiger partial charge in [-0.05, 0) is 117 Å². The van der Waals surface area contributed by atoms with Gasteiger partial charge in [-0.2, -0.15) is 0 Å². The molecule has 0 atom stereocenters. The molecule has 2 heteroatoms. The van der Waals surface area contributed by atoms with Crippen molar-refractivity contribution in [1.29, 1.82) is 0 Å². The molecule has 0 amide bonds. The first-order valence-electron chi connectivity index (χ1n) is 13.5. The molecular formula is C35H40OSi. The van der Waals surface area contributed by atoms with Crippen LogP contribution >= 0.6 is 0 Å². The van der Waals surface area contributed by atoms with Crippen molar-refractivity contribution in [2.45, 2.75) is 74.9 Å².